The molecule has 0 bridgehead atoms. The van der Waals surface area contributed by atoms with E-state index in [0.717, 1.165) is 5.06 Å². The van der Waals surface area contributed by atoms with Crippen LogP contribution in [-0.2, 0) is 43.1 Å². The van der Waals surface area contributed by atoms with Crippen LogP contribution in [0.3, 0.4) is 0 Å². The number of hydroxylamine groups is 4. The number of ether oxygens (including phenoxy) is 2. The molecule has 0 aromatic carbocycles. The van der Waals surface area contributed by atoms with E-state index >= 15 is 0 Å². The summed E-state index contributed by atoms with van der Waals surface area (Å²) in [7, 11) is 0. The molecule has 0 unspecified atom stereocenters. The topological polar surface area (TPSA) is 129 Å². The minimum Gasteiger partial charge on any atom is -0.379 e. The molecule has 0 spiro atoms. The summed E-state index contributed by atoms with van der Waals surface area (Å²) in [5.74, 6) is -2.42. The number of hydrogen-bond donors (Lipinski definition) is 0. The van der Waals surface area contributed by atoms with Crippen molar-refractivity contribution in [1.82, 2.24) is 10.1 Å². The zero-order valence-corrected chi connectivity index (χ0v) is 14.8. The molecule has 0 aromatic rings. The summed E-state index contributed by atoms with van der Waals surface area (Å²) in [5.41, 5.74) is 0. The first kappa shape index (κ1) is 20.9. The van der Waals surface area contributed by atoms with E-state index in [2.05, 4.69) is 4.84 Å². The molecule has 11 heteroatoms. The van der Waals surface area contributed by atoms with Crippen LogP contribution >= 0.6 is 0 Å². The maximum atomic E-state index is 11.5. The molecule has 27 heavy (non-hydrogen) atoms. The monoisotopic (exact) mass is 386 g/mol. The number of imide groups is 2. The van der Waals surface area contributed by atoms with E-state index in [9.17, 15) is 24.0 Å². The van der Waals surface area contributed by atoms with E-state index in [1.807, 2.05) is 0 Å². The number of carbonyl (C=O) groups excluding carboxylic acids is 5. The smallest absolute Gasteiger partial charge is 0.335 e. The molecular weight excluding hydrogens is 364 g/mol. The third-order valence-corrected chi connectivity index (χ3v) is 3.68. The number of nitrogens with zero attached hydrogens (tertiary/aromatic N) is 2. The number of rotatable bonds is 12. The zero-order chi connectivity index (χ0) is 19.6. The molecular formula is C16H22N2O9. The maximum absolute atomic E-state index is 11.5. The molecule has 2 aliphatic rings. The van der Waals surface area contributed by atoms with Crippen LogP contribution in [0.2, 0.25) is 0 Å². The molecule has 2 heterocycles. The summed E-state index contributed by atoms with van der Waals surface area (Å²) in [6.45, 7) is 1.16. The summed E-state index contributed by atoms with van der Waals surface area (Å²) in [6, 6.07) is 0. The summed E-state index contributed by atoms with van der Waals surface area (Å²) >= 11 is 0. The summed E-state index contributed by atoms with van der Waals surface area (Å²) < 4.78 is 10.5. The molecule has 0 atom stereocenters. The Hall–Kier alpha value is -2.37. The fourth-order valence-electron chi connectivity index (χ4n) is 2.30. The van der Waals surface area contributed by atoms with Crippen molar-refractivity contribution in [3.8, 4) is 0 Å². The highest BCUT2D eigenvalue weighted by atomic mass is 16.7. The Labute approximate surface area is 155 Å². The van der Waals surface area contributed by atoms with E-state index in [1.165, 1.54) is 0 Å². The molecule has 4 amide bonds. The van der Waals surface area contributed by atoms with Crippen molar-refractivity contribution in [2.45, 2.75) is 38.5 Å². The number of hydrogen-bond acceptors (Lipinski definition) is 9. The van der Waals surface area contributed by atoms with Crippen molar-refractivity contribution >= 4 is 29.6 Å². The molecule has 0 N–H and O–H groups in total. The van der Waals surface area contributed by atoms with Crippen molar-refractivity contribution in [2.75, 3.05) is 33.0 Å². The molecule has 150 valence electrons. The lowest BCUT2D eigenvalue weighted by Gasteiger charge is -2.13. The van der Waals surface area contributed by atoms with Crippen LogP contribution in [0.5, 0.6) is 0 Å². The van der Waals surface area contributed by atoms with E-state index in [4.69, 9.17) is 14.3 Å². The minimum absolute atomic E-state index is 0.0512. The first-order valence-corrected chi connectivity index (χ1v) is 8.70. The zero-order valence-electron chi connectivity index (χ0n) is 14.8. The van der Waals surface area contributed by atoms with E-state index in [0.29, 0.717) is 24.7 Å². The summed E-state index contributed by atoms with van der Waals surface area (Å²) in [6.07, 6.45) is 0.880. The van der Waals surface area contributed by atoms with E-state index in [-0.39, 0.29) is 63.7 Å². The van der Waals surface area contributed by atoms with Crippen molar-refractivity contribution in [3.05, 3.63) is 0 Å². The van der Waals surface area contributed by atoms with Gasteiger partial charge in [0.05, 0.1) is 32.8 Å². The molecule has 11 nitrogen and oxygen atoms in total. The molecule has 0 aromatic heterocycles. The molecule has 0 aliphatic carbocycles. The summed E-state index contributed by atoms with van der Waals surface area (Å²) in [5, 5.41) is 1.29. The number of amides is 4. The molecule has 2 aliphatic heterocycles. The van der Waals surface area contributed by atoms with E-state index in [1.54, 1.807) is 0 Å². The van der Waals surface area contributed by atoms with Gasteiger partial charge in [0.15, 0.2) is 0 Å². The average Bonchev–Trinajstić information content (AvgIpc) is 3.13. The highest BCUT2D eigenvalue weighted by Gasteiger charge is 2.32. The third-order valence-electron chi connectivity index (χ3n) is 3.68. The Bertz CT molecular complexity index is 560. The quantitative estimate of drug-likeness (QED) is 0.321. The highest BCUT2D eigenvalue weighted by Crippen LogP contribution is 2.13. The Morgan fingerprint density at radius 3 is 1.81 bits per heavy atom. The van der Waals surface area contributed by atoms with Crippen molar-refractivity contribution < 1.29 is 43.1 Å². The Morgan fingerprint density at radius 1 is 0.704 bits per heavy atom. The molecule has 2 saturated heterocycles. The van der Waals surface area contributed by atoms with Crippen LogP contribution < -0.4 is 0 Å². The highest BCUT2D eigenvalue weighted by molar-refractivity contribution is 6.01. The van der Waals surface area contributed by atoms with Gasteiger partial charge in [0.25, 0.3) is 23.6 Å². The average molecular weight is 386 g/mol. The maximum Gasteiger partial charge on any atom is 0.335 e. The molecule has 2 fully saturated rings. The SMILES string of the molecule is O=C(CCOCCOCCCON1C(=O)CCC1=O)ON1C(=O)CCC1=O. The Balaban J connectivity index is 1.40. The fraction of sp³-hybridized carbons (Fsp3) is 0.688. The predicted octanol–water partition coefficient (Wildman–Crippen LogP) is -0.512. The summed E-state index contributed by atoms with van der Waals surface area (Å²) in [4.78, 5) is 66.4. The van der Waals surface area contributed by atoms with Crippen molar-refractivity contribution in [3.63, 3.8) is 0 Å². The second kappa shape index (κ2) is 10.7. The van der Waals surface area contributed by atoms with Crippen LogP contribution in [0.1, 0.15) is 38.5 Å². The van der Waals surface area contributed by atoms with Gasteiger partial charge in [-0.25, -0.2) is 4.79 Å². The Kier molecular flexibility index (Phi) is 8.30. The second-order valence-corrected chi connectivity index (χ2v) is 5.79. The second-order valence-electron chi connectivity index (χ2n) is 5.79. The van der Waals surface area contributed by atoms with Gasteiger partial charge in [-0.2, -0.15) is 5.06 Å². The lowest BCUT2D eigenvalue weighted by Crippen LogP contribution is -2.32. The predicted molar refractivity (Wildman–Crippen MR) is 85.1 cm³/mol. The van der Waals surface area contributed by atoms with Gasteiger partial charge < -0.3 is 14.3 Å². The van der Waals surface area contributed by atoms with Crippen molar-refractivity contribution in [1.29, 1.82) is 0 Å². The van der Waals surface area contributed by atoms with Crippen LogP contribution in [0.25, 0.3) is 0 Å². The van der Waals surface area contributed by atoms with Gasteiger partial charge in [0.1, 0.15) is 0 Å². The van der Waals surface area contributed by atoms with Gasteiger partial charge in [-0.1, -0.05) is 0 Å². The van der Waals surface area contributed by atoms with E-state index < -0.39 is 17.8 Å². The third kappa shape index (κ3) is 6.70. The minimum atomic E-state index is -0.720. The molecule has 0 saturated carbocycles. The fourth-order valence-corrected chi connectivity index (χ4v) is 2.30. The number of carbonyl (C=O) groups is 5. The van der Waals surface area contributed by atoms with Gasteiger partial charge in [-0.05, 0) is 6.42 Å². The van der Waals surface area contributed by atoms with Crippen LogP contribution in [0.15, 0.2) is 0 Å². The van der Waals surface area contributed by atoms with Gasteiger partial charge in [0.2, 0.25) is 0 Å². The lowest BCUT2D eigenvalue weighted by molar-refractivity contribution is -0.198. The Morgan fingerprint density at radius 2 is 1.22 bits per heavy atom. The first-order valence-electron chi connectivity index (χ1n) is 8.70. The lowest BCUT2D eigenvalue weighted by atomic mass is 10.4. The normalized spacial score (nSPS) is 17.3. The van der Waals surface area contributed by atoms with Gasteiger partial charge in [-0.15, -0.1) is 5.06 Å². The molecule has 0 radical (unpaired) electrons. The van der Waals surface area contributed by atoms with Gasteiger partial charge in [0, 0.05) is 32.3 Å². The largest absolute Gasteiger partial charge is 0.379 e. The van der Waals surface area contributed by atoms with Crippen LogP contribution in [-0.4, -0.2) is 72.8 Å². The first-order chi connectivity index (χ1) is 13.0. The van der Waals surface area contributed by atoms with Crippen molar-refractivity contribution in [2.24, 2.45) is 0 Å². The van der Waals surface area contributed by atoms with Gasteiger partial charge >= 0.3 is 5.97 Å². The van der Waals surface area contributed by atoms with Crippen LogP contribution in [0, 0.1) is 0 Å². The standard InChI is InChI=1S/C16H22N2O9/c19-12-2-3-13(20)17(12)26-8-1-7-24-10-11-25-9-6-16(23)27-18-14(21)4-5-15(18)22/h1-11H2. The van der Waals surface area contributed by atoms with Crippen LogP contribution in [0.4, 0.5) is 0 Å². The van der Waals surface area contributed by atoms with Gasteiger partial charge in [-0.3, -0.25) is 24.0 Å². The molecule has 2 rings (SSSR count).